The van der Waals surface area contributed by atoms with Gasteiger partial charge in [-0.15, -0.1) is 8.78 Å². The Morgan fingerprint density at radius 3 is 2.23 bits per heavy atom. The lowest BCUT2D eigenvalue weighted by Gasteiger charge is -2.09. The van der Waals surface area contributed by atoms with Crippen LogP contribution in [0.15, 0.2) is 48.7 Å². The van der Waals surface area contributed by atoms with Gasteiger partial charge >= 0.3 is 6.29 Å². The van der Waals surface area contributed by atoms with Crippen molar-refractivity contribution in [2.75, 3.05) is 5.32 Å². The third kappa shape index (κ3) is 4.72. The number of hydrogen-bond acceptors (Lipinski definition) is 4. The molecule has 0 spiro atoms. The summed E-state index contributed by atoms with van der Waals surface area (Å²) in [6, 6.07) is 8.36. The summed E-state index contributed by atoms with van der Waals surface area (Å²) in [5.41, 5.74) is 0.0158. The fourth-order valence-electron chi connectivity index (χ4n) is 2.71. The first kappa shape index (κ1) is 22.4. The van der Waals surface area contributed by atoms with Crippen LogP contribution in [0.1, 0.15) is 24.2 Å². The summed E-state index contributed by atoms with van der Waals surface area (Å²) in [7, 11) is 0. The topological polar surface area (TPSA) is 60.5 Å². The molecule has 10 heteroatoms. The van der Waals surface area contributed by atoms with Crippen molar-refractivity contribution < 1.29 is 31.8 Å². The summed E-state index contributed by atoms with van der Waals surface area (Å²) in [5, 5.41) is 2.39. The summed E-state index contributed by atoms with van der Waals surface area (Å²) in [6.45, 7) is 4.00. The normalized spacial score (nSPS) is 13.3. The molecule has 1 aliphatic heterocycles. The second-order valence-electron chi connectivity index (χ2n) is 5.93. The first-order chi connectivity index (χ1) is 14.7. The molecule has 0 aliphatic carbocycles. The van der Waals surface area contributed by atoms with E-state index in [1.54, 1.807) is 0 Å². The molecule has 1 amide bonds. The predicted octanol–water partition coefficient (Wildman–Crippen LogP) is 6.28. The Hall–Kier alpha value is -3.33. The van der Waals surface area contributed by atoms with Crippen LogP contribution in [0.2, 0.25) is 5.02 Å². The molecule has 0 saturated heterocycles. The van der Waals surface area contributed by atoms with Crippen molar-refractivity contribution in [3.8, 4) is 22.6 Å². The summed E-state index contributed by atoms with van der Waals surface area (Å²) in [4.78, 5) is 16.1. The van der Waals surface area contributed by atoms with Gasteiger partial charge in [-0.25, -0.2) is 13.8 Å². The van der Waals surface area contributed by atoms with Gasteiger partial charge in [-0.1, -0.05) is 31.5 Å². The van der Waals surface area contributed by atoms with E-state index < -0.39 is 29.4 Å². The van der Waals surface area contributed by atoms with Crippen LogP contribution in [-0.4, -0.2) is 17.2 Å². The lowest BCUT2D eigenvalue weighted by molar-refractivity contribution is -0.286. The Kier molecular flexibility index (Phi) is 6.35. The largest absolute Gasteiger partial charge is 0.586 e. The molecule has 0 saturated carbocycles. The maximum absolute atomic E-state index is 13.7. The van der Waals surface area contributed by atoms with Gasteiger partial charge in [0.05, 0.1) is 5.02 Å². The Morgan fingerprint density at radius 2 is 1.65 bits per heavy atom. The van der Waals surface area contributed by atoms with Crippen molar-refractivity contribution in [2.24, 2.45) is 0 Å². The second kappa shape index (κ2) is 8.81. The average molecular weight is 455 g/mol. The molecule has 1 aliphatic rings. The molecule has 1 aromatic heterocycles. The third-order valence-corrected chi connectivity index (χ3v) is 4.31. The summed E-state index contributed by atoms with van der Waals surface area (Å²) < 4.78 is 62.5. The SMILES string of the molecule is CC.O=C(Nc1ccc(-c2cc3c(cc2Cl)OC(F)(F)O3)cn1)c1c(F)cccc1F. The molecule has 162 valence electrons. The molecule has 0 unspecified atom stereocenters. The molecular weight excluding hydrogens is 440 g/mol. The van der Waals surface area contributed by atoms with Gasteiger partial charge < -0.3 is 14.8 Å². The molecule has 3 aromatic rings. The number of aromatic nitrogens is 1. The van der Waals surface area contributed by atoms with Crippen LogP contribution in [-0.2, 0) is 0 Å². The number of nitrogens with zero attached hydrogens (tertiary/aromatic N) is 1. The lowest BCUT2D eigenvalue weighted by atomic mass is 10.1. The molecular formula is C21H15ClF4N2O3. The number of hydrogen-bond donors (Lipinski definition) is 1. The van der Waals surface area contributed by atoms with Crippen molar-refractivity contribution in [3.05, 3.63) is 70.9 Å². The highest BCUT2D eigenvalue weighted by molar-refractivity contribution is 6.33. The quantitative estimate of drug-likeness (QED) is 0.473. The van der Waals surface area contributed by atoms with Crippen LogP contribution in [0.25, 0.3) is 11.1 Å². The number of carbonyl (C=O) groups excluding carboxylic acids is 1. The van der Waals surface area contributed by atoms with Crippen LogP contribution in [0.4, 0.5) is 23.4 Å². The van der Waals surface area contributed by atoms with Crippen molar-refractivity contribution in [2.45, 2.75) is 20.1 Å². The highest BCUT2D eigenvalue weighted by Crippen LogP contribution is 2.46. The molecule has 1 N–H and O–H groups in total. The van der Waals surface area contributed by atoms with Crippen LogP contribution in [0.3, 0.4) is 0 Å². The zero-order valence-electron chi connectivity index (χ0n) is 16.2. The number of rotatable bonds is 3. The minimum Gasteiger partial charge on any atom is -0.395 e. The minimum absolute atomic E-state index is 0.0183. The summed E-state index contributed by atoms with van der Waals surface area (Å²) in [6.07, 6.45) is -2.48. The molecule has 5 nitrogen and oxygen atoms in total. The van der Waals surface area contributed by atoms with Gasteiger partial charge in [0.1, 0.15) is 23.0 Å². The summed E-state index contributed by atoms with van der Waals surface area (Å²) >= 11 is 6.11. The highest BCUT2D eigenvalue weighted by Gasteiger charge is 2.43. The number of ether oxygens (including phenoxy) is 2. The first-order valence-corrected chi connectivity index (χ1v) is 9.42. The van der Waals surface area contributed by atoms with Crippen molar-refractivity contribution in [1.82, 2.24) is 4.98 Å². The molecule has 0 bridgehead atoms. The number of alkyl halides is 2. The van der Waals surface area contributed by atoms with Gasteiger partial charge in [-0.3, -0.25) is 4.79 Å². The average Bonchev–Trinajstić information content (AvgIpc) is 3.02. The molecule has 0 fully saturated rings. The number of anilines is 1. The molecule has 2 heterocycles. The molecule has 0 radical (unpaired) electrons. The number of fused-ring (bicyclic) bond motifs is 1. The van der Waals surface area contributed by atoms with Crippen LogP contribution >= 0.6 is 11.6 Å². The number of halogens is 5. The van der Waals surface area contributed by atoms with E-state index in [2.05, 4.69) is 19.8 Å². The van der Waals surface area contributed by atoms with Gasteiger partial charge in [0.15, 0.2) is 11.5 Å². The number of amides is 1. The van der Waals surface area contributed by atoms with E-state index in [-0.39, 0.29) is 22.3 Å². The maximum atomic E-state index is 13.7. The molecule has 2 aromatic carbocycles. The summed E-state index contributed by atoms with van der Waals surface area (Å²) in [5.74, 6) is -3.41. The second-order valence-corrected chi connectivity index (χ2v) is 6.34. The highest BCUT2D eigenvalue weighted by atomic mass is 35.5. The minimum atomic E-state index is -3.78. The Morgan fingerprint density at radius 1 is 1.03 bits per heavy atom. The fraction of sp³-hybridized carbons (Fsp3) is 0.143. The van der Waals surface area contributed by atoms with Crippen molar-refractivity contribution >= 4 is 23.3 Å². The van der Waals surface area contributed by atoms with Gasteiger partial charge in [-0.2, -0.15) is 0 Å². The monoisotopic (exact) mass is 454 g/mol. The Bertz CT molecular complexity index is 1100. The van der Waals surface area contributed by atoms with Crippen LogP contribution in [0.5, 0.6) is 11.5 Å². The van der Waals surface area contributed by atoms with E-state index in [4.69, 9.17) is 11.6 Å². The van der Waals surface area contributed by atoms with Gasteiger partial charge in [0.25, 0.3) is 5.91 Å². The first-order valence-electron chi connectivity index (χ1n) is 9.05. The van der Waals surface area contributed by atoms with Gasteiger partial charge in [0, 0.05) is 23.4 Å². The smallest absolute Gasteiger partial charge is 0.395 e. The molecule has 31 heavy (non-hydrogen) atoms. The Labute approximate surface area is 179 Å². The van der Waals surface area contributed by atoms with E-state index in [9.17, 15) is 22.4 Å². The fourth-order valence-corrected chi connectivity index (χ4v) is 2.98. The van der Waals surface area contributed by atoms with E-state index in [1.165, 1.54) is 30.5 Å². The van der Waals surface area contributed by atoms with Crippen LogP contribution in [0, 0.1) is 11.6 Å². The number of carbonyl (C=O) groups is 1. The van der Waals surface area contributed by atoms with E-state index in [0.717, 1.165) is 18.2 Å². The standard InChI is InChI=1S/C19H9ClF4N2O3.C2H6/c20-11-7-15-14(28-19(23,24)29-15)6-10(11)9-4-5-16(25-8-9)26-18(27)17-12(21)2-1-3-13(17)22;1-2/h1-8H,(H,25,26,27);1-2H3. The zero-order chi connectivity index (χ0) is 22.8. The number of nitrogens with one attached hydrogen (secondary N) is 1. The molecule has 4 rings (SSSR count). The van der Waals surface area contributed by atoms with Crippen molar-refractivity contribution in [1.29, 1.82) is 0 Å². The zero-order valence-corrected chi connectivity index (χ0v) is 16.9. The van der Waals surface area contributed by atoms with E-state index in [1.807, 2.05) is 13.8 Å². The lowest BCUT2D eigenvalue weighted by Crippen LogP contribution is -2.25. The third-order valence-electron chi connectivity index (χ3n) is 4.00. The van der Waals surface area contributed by atoms with E-state index in [0.29, 0.717) is 11.1 Å². The van der Waals surface area contributed by atoms with Crippen molar-refractivity contribution in [3.63, 3.8) is 0 Å². The number of benzene rings is 2. The number of pyridine rings is 1. The van der Waals surface area contributed by atoms with Gasteiger partial charge in [-0.05, 0) is 30.3 Å². The molecule has 0 atom stereocenters. The van der Waals surface area contributed by atoms with Crippen LogP contribution < -0.4 is 14.8 Å². The van der Waals surface area contributed by atoms with Gasteiger partial charge in [0.2, 0.25) is 0 Å². The van der Waals surface area contributed by atoms with E-state index >= 15 is 0 Å². The maximum Gasteiger partial charge on any atom is 0.586 e. The Balaban J connectivity index is 0.00000132. The predicted molar refractivity (Wildman–Crippen MR) is 107 cm³/mol.